The van der Waals surface area contributed by atoms with Crippen molar-refractivity contribution < 1.29 is 0 Å². The second-order valence-electron chi connectivity index (χ2n) is 5.55. The normalized spacial score (nSPS) is 20.6. The number of anilines is 2. The molecule has 0 aliphatic heterocycles. The lowest BCUT2D eigenvalue weighted by atomic mass is 9.75. The summed E-state index contributed by atoms with van der Waals surface area (Å²) in [4.78, 5) is 4.09. The van der Waals surface area contributed by atoms with Crippen LogP contribution in [0.3, 0.4) is 0 Å². The van der Waals surface area contributed by atoms with Gasteiger partial charge < -0.3 is 11.1 Å². The van der Waals surface area contributed by atoms with Gasteiger partial charge in [-0.3, -0.25) is 0 Å². The van der Waals surface area contributed by atoms with Crippen LogP contribution in [-0.4, -0.2) is 11.0 Å². The number of nitrogens with two attached hydrogens (primary N) is 1. The molecule has 0 bridgehead atoms. The summed E-state index contributed by atoms with van der Waals surface area (Å²) in [5.74, 6) is 0.579. The maximum Gasteiger partial charge on any atom is 0.123 e. The van der Waals surface area contributed by atoms with Crippen molar-refractivity contribution in [2.75, 3.05) is 11.1 Å². The maximum absolute atomic E-state index is 5.56. The van der Waals surface area contributed by atoms with E-state index in [1.54, 1.807) is 0 Å². The minimum atomic E-state index is 0.525. The largest absolute Gasteiger partial charge is 0.384 e. The average molecular weight is 219 g/mol. The fourth-order valence-electron chi connectivity index (χ4n) is 2.27. The molecule has 3 heteroatoms. The second kappa shape index (κ2) is 4.32. The Morgan fingerprint density at radius 1 is 1.31 bits per heavy atom. The summed E-state index contributed by atoms with van der Waals surface area (Å²) in [6.45, 7) is 4.71. The molecule has 0 atom stereocenters. The van der Waals surface area contributed by atoms with E-state index >= 15 is 0 Å². The first-order valence-corrected chi connectivity index (χ1v) is 6.03. The number of nitrogens with zero attached hydrogens (tertiary/aromatic N) is 1. The molecule has 0 aromatic carbocycles. The highest BCUT2D eigenvalue weighted by Crippen LogP contribution is 2.35. The molecule has 3 N–H and O–H groups in total. The van der Waals surface area contributed by atoms with Crippen LogP contribution in [0.5, 0.6) is 0 Å². The van der Waals surface area contributed by atoms with Gasteiger partial charge in [0.15, 0.2) is 0 Å². The van der Waals surface area contributed by atoms with Crippen LogP contribution in [0, 0.1) is 5.41 Å². The van der Waals surface area contributed by atoms with Gasteiger partial charge in [-0.15, -0.1) is 0 Å². The molecule has 2 rings (SSSR count). The average Bonchev–Trinajstić information content (AvgIpc) is 2.24. The van der Waals surface area contributed by atoms with E-state index in [0.29, 0.717) is 17.3 Å². The number of nitrogens with one attached hydrogen (secondary N) is 1. The third-order valence-corrected chi connectivity index (χ3v) is 3.50. The lowest BCUT2D eigenvalue weighted by molar-refractivity contribution is 0.232. The van der Waals surface area contributed by atoms with Gasteiger partial charge in [0.2, 0.25) is 0 Å². The summed E-state index contributed by atoms with van der Waals surface area (Å²) in [7, 11) is 0. The van der Waals surface area contributed by atoms with Crippen LogP contribution in [0.4, 0.5) is 11.5 Å². The van der Waals surface area contributed by atoms with Crippen molar-refractivity contribution in [3.8, 4) is 0 Å². The number of hydrogen-bond acceptors (Lipinski definition) is 3. The van der Waals surface area contributed by atoms with Crippen molar-refractivity contribution in [3.05, 3.63) is 18.3 Å². The Labute approximate surface area is 97.5 Å². The highest BCUT2D eigenvalue weighted by atomic mass is 14.9. The molecule has 16 heavy (non-hydrogen) atoms. The lowest BCUT2D eigenvalue weighted by Gasteiger charge is -2.35. The number of pyridine rings is 1. The van der Waals surface area contributed by atoms with Crippen LogP contribution in [-0.2, 0) is 0 Å². The zero-order chi connectivity index (χ0) is 11.6. The Hall–Kier alpha value is -1.25. The highest BCUT2D eigenvalue weighted by Gasteiger charge is 2.26. The zero-order valence-electron chi connectivity index (χ0n) is 10.2. The first-order chi connectivity index (χ1) is 7.55. The Morgan fingerprint density at radius 3 is 2.56 bits per heavy atom. The summed E-state index contributed by atoms with van der Waals surface area (Å²) in [6.07, 6.45) is 6.91. The number of rotatable bonds is 2. The molecule has 0 saturated heterocycles. The van der Waals surface area contributed by atoms with E-state index in [9.17, 15) is 0 Å². The van der Waals surface area contributed by atoms with Gasteiger partial charge in [-0.05, 0) is 43.2 Å². The molecule has 0 unspecified atom stereocenters. The van der Waals surface area contributed by atoms with Gasteiger partial charge in [-0.1, -0.05) is 13.8 Å². The summed E-state index contributed by atoms with van der Waals surface area (Å²) in [5, 5.41) is 3.53. The van der Waals surface area contributed by atoms with E-state index in [2.05, 4.69) is 24.1 Å². The molecule has 3 nitrogen and oxygen atoms in total. The molecular formula is C13H21N3. The molecule has 0 amide bonds. The van der Waals surface area contributed by atoms with Gasteiger partial charge >= 0.3 is 0 Å². The van der Waals surface area contributed by atoms with Crippen LogP contribution < -0.4 is 11.1 Å². The van der Waals surface area contributed by atoms with Crippen LogP contribution >= 0.6 is 0 Å². The SMILES string of the molecule is CC1(C)CCC(Nc2ccc(N)nc2)CC1. The summed E-state index contributed by atoms with van der Waals surface area (Å²) >= 11 is 0. The predicted octanol–water partition coefficient (Wildman–Crippen LogP) is 3.04. The number of nitrogen functional groups attached to an aromatic ring is 1. The summed E-state index contributed by atoms with van der Waals surface area (Å²) in [5.41, 5.74) is 7.16. The van der Waals surface area contributed by atoms with Gasteiger partial charge in [0.05, 0.1) is 11.9 Å². The van der Waals surface area contributed by atoms with Crippen molar-refractivity contribution in [1.29, 1.82) is 0 Å². The molecule has 1 aromatic rings. The minimum absolute atomic E-state index is 0.525. The number of aromatic nitrogens is 1. The van der Waals surface area contributed by atoms with Gasteiger partial charge in [0.25, 0.3) is 0 Å². The Kier molecular flexibility index (Phi) is 3.03. The molecule has 1 fully saturated rings. The highest BCUT2D eigenvalue weighted by molar-refractivity contribution is 5.46. The van der Waals surface area contributed by atoms with Crippen LogP contribution in [0.2, 0.25) is 0 Å². The first-order valence-electron chi connectivity index (χ1n) is 6.03. The fraction of sp³-hybridized carbons (Fsp3) is 0.615. The quantitative estimate of drug-likeness (QED) is 0.803. The van der Waals surface area contributed by atoms with Gasteiger partial charge in [0.1, 0.15) is 5.82 Å². The Balaban J connectivity index is 1.89. The van der Waals surface area contributed by atoms with Crippen molar-refractivity contribution in [1.82, 2.24) is 4.98 Å². The van der Waals surface area contributed by atoms with E-state index in [0.717, 1.165) is 5.69 Å². The van der Waals surface area contributed by atoms with Gasteiger partial charge in [0, 0.05) is 6.04 Å². The molecule has 1 aliphatic rings. The lowest BCUT2D eigenvalue weighted by Crippen LogP contribution is -2.29. The standard InChI is InChI=1S/C13H21N3/c1-13(2)7-5-10(6-8-13)16-11-3-4-12(14)15-9-11/h3-4,9-10,16H,5-8H2,1-2H3,(H2,14,15). The molecule has 1 aromatic heterocycles. The fourth-order valence-corrected chi connectivity index (χ4v) is 2.27. The first kappa shape index (κ1) is 11.2. The smallest absolute Gasteiger partial charge is 0.123 e. The summed E-state index contributed by atoms with van der Waals surface area (Å²) in [6, 6.07) is 4.44. The maximum atomic E-state index is 5.56. The zero-order valence-corrected chi connectivity index (χ0v) is 10.2. The van der Waals surface area contributed by atoms with Crippen LogP contribution in [0.25, 0.3) is 0 Å². The summed E-state index contributed by atoms with van der Waals surface area (Å²) < 4.78 is 0. The topological polar surface area (TPSA) is 50.9 Å². The van der Waals surface area contributed by atoms with Crippen molar-refractivity contribution >= 4 is 11.5 Å². The molecule has 0 radical (unpaired) electrons. The minimum Gasteiger partial charge on any atom is -0.384 e. The second-order valence-corrected chi connectivity index (χ2v) is 5.55. The third-order valence-electron chi connectivity index (χ3n) is 3.50. The Morgan fingerprint density at radius 2 is 2.00 bits per heavy atom. The predicted molar refractivity (Wildman–Crippen MR) is 68.3 cm³/mol. The Bertz CT molecular complexity index is 333. The van der Waals surface area contributed by atoms with Crippen LogP contribution in [0.15, 0.2) is 18.3 Å². The van der Waals surface area contributed by atoms with Crippen molar-refractivity contribution in [3.63, 3.8) is 0 Å². The van der Waals surface area contributed by atoms with Crippen molar-refractivity contribution in [2.45, 2.75) is 45.6 Å². The number of hydrogen-bond donors (Lipinski definition) is 2. The van der Waals surface area contributed by atoms with Gasteiger partial charge in [-0.2, -0.15) is 0 Å². The van der Waals surface area contributed by atoms with E-state index in [1.807, 2.05) is 18.3 Å². The van der Waals surface area contributed by atoms with Crippen LogP contribution in [0.1, 0.15) is 39.5 Å². The van der Waals surface area contributed by atoms with Gasteiger partial charge in [-0.25, -0.2) is 4.98 Å². The monoisotopic (exact) mass is 219 g/mol. The van der Waals surface area contributed by atoms with E-state index in [-0.39, 0.29) is 0 Å². The molecule has 1 aliphatic carbocycles. The molecule has 1 saturated carbocycles. The molecule has 88 valence electrons. The van der Waals surface area contributed by atoms with Crippen molar-refractivity contribution in [2.24, 2.45) is 5.41 Å². The van der Waals surface area contributed by atoms with E-state index < -0.39 is 0 Å². The molecule has 1 heterocycles. The molecular weight excluding hydrogens is 198 g/mol. The molecule has 0 spiro atoms. The van der Waals surface area contributed by atoms with E-state index in [4.69, 9.17) is 5.73 Å². The van der Waals surface area contributed by atoms with E-state index in [1.165, 1.54) is 25.7 Å². The third kappa shape index (κ3) is 2.87.